The fraction of sp³-hybridized carbons (Fsp3) is 0.389. The Kier molecular flexibility index (Phi) is 4.64. The van der Waals surface area contributed by atoms with Crippen LogP contribution < -0.4 is 0 Å². The first-order valence-electron chi connectivity index (χ1n) is 8.14. The van der Waals surface area contributed by atoms with Crippen molar-refractivity contribution < 1.29 is 14.7 Å². The van der Waals surface area contributed by atoms with E-state index in [1.807, 2.05) is 18.2 Å². The van der Waals surface area contributed by atoms with Gasteiger partial charge in [0.1, 0.15) is 11.3 Å². The molecule has 0 radical (unpaired) electrons. The molecule has 2 aromatic rings. The van der Waals surface area contributed by atoms with Crippen molar-refractivity contribution in [1.29, 1.82) is 0 Å². The number of benzene rings is 1. The largest absolute Gasteiger partial charge is 0.478 e. The maximum atomic E-state index is 12.7. The third-order valence-electron chi connectivity index (χ3n) is 4.64. The van der Waals surface area contributed by atoms with Crippen molar-refractivity contribution in [3.8, 4) is 0 Å². The zero-order valence-electron chi connectivity index (χ0n) is 13.7. The summed E-state index contributed by atoms with van der Waals surface area (Å²) in [6.45, 7) is 1.31. The second kappa shape index (κ2) is 6.86. The van der Waals surface area contributed by atoms with Gasteiger partial charge in [-0.15, -0.1) is 0 Å². The molecule has 1 aliphatic heterocycles. The Morgan fingerprint density at radius 3 is 2.50 bits per heavy atom. The van der Waals surface area contributed by atoms with Crippen LogP contribution in [0, 0.1) is 5.92 Å². The summed E-state index contributed by atoms with van der Waals surface area (Å²) in [6, 6.07) is 10.4. The Balaban J connectivity index is 1.63. The normalized spacial score (nSPS) is 15.5. The Labute approximate surface area is 140 Å². The van der Waals surface area contributed by atoms with Gasteiger partial charge < -0.3 is 10.0 Å². The van der Waals surface area contributed by atoms with Gasteiger partial charge in [0.05, 0.1) is 6.20 Å². The van der Waals surface area contributed by atoms with Crippen molar-refractivity contribution >= 4 is 11.9 Å². The Morgan fingerprint density at radius 2 is 1.88 bits per heavy atom. The maximum absolute atomic E-state index is 12.7. The first-order chi connectivity index (χ1) is 11.6. The summed E-state index contributed by atoms with van der Waals surface area (Å²) in [4.78, 5) is 25.7. The van der Waals surface area contributed by atoms with Gasteiger partial charge in [-0.2, -0.15) is 5.10 Å². The number of carbonyl (C=O) groups excluding carboxylic acids is 1. The molecule has 0 saturated carbocycles. The average Bonchev–Trinajstić information content (AvgIpc) is 2.98. The summed E-state index contributed by atoms with van der Waals surface area (Å²) in [5, 5.41) is 13.1. The van der Waals surface area contributed by atoms with Crippen LogP contribution in [0.15, 0.2) is 36.5 Å². The Hall–Kier alpha value is -2.63. The highest BCUT2D eigenvalue weighted by molar-refractivity contribution is 6.03. The third-order valence-corrected chi connectivity index (χ3v) is 4.64. The molecule has 0 aliphatic carbocycles. The summed E-state index contributed by atoms with van der Waals surface area (Å²) < 4.78 is 1.35. The third kappa shape index (κ3) is 3.32. The van der Waals surface area contributed by atoms with Gasteiger partial charge >= 0.3 is 5.97 Å². The number of carboxylic acids is 1. The summed E-state index contributed by atoms with van der Waals surface area (Å²) in [6.07, 6.45) is 4.12. The highest BCUT2D eigenvalue weighted by Crippen LogP contribution is 2.23. The topological polar surface area (TPSA) is 75.4 Å². The van der Waals surface area contributed by atoms with Crippen LogP contribution in [0.1, 0.15) is 39.3 Å². The molecule has 2 heterocycles. The number of nitrogens with zero attached hydrogens (tertiary/aromatic N) is 3. The lowest BCUT2D eigenvalue weighted by Crippen LogP contribution is -2.40. The van der Waals surface area contributed by atoms with Crippen molar-refractivity contribution in [2.75, 3.05) is 13.1 Å². The molecule has 1 aliphatic rings. The molecule has 0 atom stereocenters. The number of likely N-dealkylation sites (tertiary alicyclic amines) is 1. The molecule has 1 aromatic carbocycles. The minimum atomic E-state index is -1.12. The smallest absolute Gasteiger partial charge is 0.339 e. The van der Waals surface area contributed by atoms with Crippen molar-refractivity contribution in [3.63, 3.8) is 0 Å². The molecule has 3 rings (SSSR count). The lowest BCUT2D eigenvalue weighted by molar-refractivity contribution is 0.0644. The van der Waals surface area contributed by atoms with Crippen LogP contribution in [-0.2, 0) is 13.5 Å². The summed E-state index contributed by atoms with van der Waals surface area (Å²) in [5.41, 5.74) is 1.44. The van der Waals surface area contributed by atoms with E-state index in [-0.39, 0.29) is 17.2 Å². The number of hydrogen-bond acceptors (Lipinski definition) is 3. The average molecular weight is 327 g/mol. The summed E-state index contributed by atoms with van der Waals surface area (Å²) >= 11 is 0. The number of hydrogen-bond donors (Lipinski definition) is 1. The second-order valence-electron chi connectivity index (χ2n) is 6.26. The number of aromatic carboxylic acids is 1. The lowest BCUT2D eigenvalue weighted by Gasteiger charge is -2.32. The van der Waals surface area contributed by atoms with E-state index in [9.17, 15) is 14.7 Å². The van der Waals surface area contributed by atoms with Crippen LogP contribution in [0.2, 0.25) is 0 Å². The number of rotatable bonds is 4. The van der Waals surface area contributed by atoms with E-state index >= 15 is 0 Å². The van der Waals surface area contributed by atoms with Crippen LogP contribution in [0.5, 0.6) is 0 Å². The van der Waals surface area contributed by atoms with Gasteiger partial charge in [0, 0.05) is 20.1 Å². The molecule has 0 spiro atoms. The zero-order valence-corrected chi connectivity index (χ0v) is 13.7. The number of aryl methyl sites for hydroxylation is 1. The van der Waals surface area contributed by atoms with Gasteiger partial charge in [-0.25, -0.2) is 4.79 Å². The van der Waals surface area contributed by atoms with Crippen molar-refractivity contribution in [3.05, 3.63) is 53.3 Å². The minimum absolute atomic E-state index is 0.0334. The zero-order chi connectivity index (χ0) is 17.1. The molecule has 6 heteroatoms. The van der Waals surface area contributed by atoms with E-state index in [0.717, 1.165) is 19.3 Å². The highest BCUT2D eigenvalue weighted by Gasteiger charge is 2.29. The maximum Gasteiger partial charge on any atom is 0.339 e. The van der Waals surface area contributed by atoms with E-state index in [1.54, 1.807) is 11.9 Å². The SMILES string of the molecule is Cn1ncc(C(=O)O)c1C(=O)N1CCC(Cc2ccccc2)CC1. The van der Waals surface area contributed by atoms with Gasteiger partial charge in [0.2, 0.25) is 0 Å². The predicted octanol–water partition coefficient (Wildman–Crippen LogP) is 2.21. The Bertz CT molecular complexity index is 731. The molecule has 126 valence electrons. The van der Waals surface area contributed by atoms with E-state index in [4.69, 9.17) is 0 Å². The van der Waals surface area contributed by atoms with Gasteiger partial charge in [-0.05, 0) is 30.7 Å². The number of piperidine rings is 1. The molecule has 1 fully saturated rings. The van der Waals surface area contributed by atoms with E-state index in [1.165, 1.54) is 16.4 Å². The molecular formula is C18H21N3O3. The van der Waals surface area contributed by atoms with Crippen LogP contribution in [-0.4, -0.2) is 44.8 Å². The molecule has 1 saturated heterocycles. The predicted molar refractivity (Wildman–Crippen MR) is 88.9 cm³/mol. The summed E-state index contributed by atoms with van der Waals surface area (Å²) in [5.74, 6) is -0.807. The monoisotopic (exact) mass is 327 g/mol. The fourth-order valence-electron chi connectivity index (χ4n) is 3.29. The highest BCUT2D eigenvalue weighted by atomic mass is 16.4. The van der Waals surface area contributed by atoms with Crippen LogP contribution in [0.3, 0.4) is 0 Å². The van der Waals surface area contributed by atoms with E-state index in [2.05, 4.69) is 17.2 Å². The first kappa shape index (κ1) is 16.2. The van der Waals surface area contributed by atoms with Crippen LogP contribution >= 0.6 is 0 Å². The van der Waals surface area contributed by atoms with Gasteiger partial charge in [0.25, 0.3) is 5.91 Å². The van der Waals surface area contributed by atoms with Crippen LogP contribution in [0.4, 0.5) is 0 Å². The number of aromatic nitrogens is 2. The molecule has 1 aromatic heterocycles. The minimum Gasteiger partial charge on any atom is -0.478 e. The van der Waals surface area contributed by atoms with Gasteiger partial charge in [0.15, 0.2) is 0 Å². The van der Waals surface area contributed by atoms with Gasteiger partial charge in [-0.1, -0.05) is 30.3 Å². The molecule has 24 heavy (non-hydrogen) atoms. The molecular weight excluding hydrogens is 306 g/mol. The second-order valence-corrected chi connectivity index (χ2v) is 6.26. The van der Waals surface area contributed by atoms with E-state index in [0.29, 0.717) is 19.0 Å². The standard InChI is InChI=1S/C18H21N3O3/c1-20-16(15(12-19-20)18(23)24)17(22)21-9-7-14(8-10-21)11-13-5-3-2-4-6-13/h2-6,12,14H,7-11H2,1H3,(H,23,24). The lowest BCUT2D eigenvalue weighted by atomic mass is 9.90. The van der Waals surface area contributed by atoms with Gasteiger partial charge in [-0.3, -0.25) is 9.48 Å². The molecule has 1 amide bonds. The van der Waals surface area contributed by atoms with Crippen LogP contribution in [0.25, 0.3) is 0 Å². The van der Waals surface area contributed by atoms with Crippen molar-refractivity contribution in [1.82, 2.24) is 14.7 Å². The molecule has 1 N–H and O–H groups in total. The van der Waals surface area contributed by atoms with Crippen molar-refractivity contribution in [2.45, 2.75) is 19.3 Å². The van der Waals surface area contributed by atoms with Crippen molar-refractivity contribution in [2.24, 2.45) is 13.0 Å². The quantitative estimate of drug-likeness (QED) is 0.934. The fourth-order valence-corrected chi connectivity index (χ4v) is 3.29. The summed E-state index contributed by atoms with van der Waals surface area (Å²) in [7, 11) is 1.60. The molecule has 0 bridgehead atoms. The number of carbonyl (C=O) groups is 2. The number of carboxylic acid groups (broad SMARTS) is 1. The molecule has 6 nitrogen and oxygen atoms in total. The Morgan fingerprint density at radius 1 is 1.21 bits per heavy atom. The number of amides is 1. The molecule has 0 unspecified atom stereocenters. The van der Waals surface area contributed by atoms with E-state index < -0.39 is 5.97 Å². The first-order valence-corrected chi connectivity index (χ1v) is 8.14.